The third-order valence-corrected chi connectivity index (χ3v) is 3.51. The van der Waals surface area contributed by atoms with Crippen LogP contribution < -0.4 is 0 Å². The maximum atomic E-state index is 6.17. The summed E-state index contributed by atoms with van der Waals surface area (Å²) in [6, 6.07) is 8.15. The molecule has 1 atom stereocenters. The summed E-state index contributed by atoms with van der Waals surface area (Å²) >= 11 is 6.17. The molecule has 0 radical (unpaired) electrons. The van der Waals surface area contributed by atoms with Gasteiger partial charge >= 0.3 is 0 Å². The molecule has 4 nitrogen and oxygen atoms in total. The van der Waals surface area contributed by atoms with Crippen LogP contribution in [0.4, 0.5) is 0 Å². The second-order valence-electron chi connectivity index (χ2n) is 5.22. The average Bonchev–Trinajstić information content (AvgIpc) is 2.47. The lowest BCUT2D eigenvalue weighted by Crippen LogP contribution is -2.21. The summed E-state index contributed by atoms with van der Waals surface area (Å²) in [6.07, 6.45) is 1.69. The Morgan fingerprint density at radius 1 is 1.24 bits per heavy atom. The van der Waals surface area contributed by atoms with Crippen molar-refractivity contribution in [2.75, 3.05) is 27.7 Å². The number of hydrogen-bond donors (Lipinski definition) is 0. The molecule has 0 saturated carbocycles. The van der Waals surface area contributed by atoms with Gasteiger partial charge in [-0.05, 0) is 26.6 Å². The molecule has 5 heteroatoms. The summed E-state index contributed by atoms with van der Waals surface area (Å²) in [5.41, 5.74) is 2.88. The Bertz CT molecular complexity index is 599. The van der Waals surface area contributed by atoms with Crippen LogP contribution in [-0.2, 0) is 4.74 Å². The largest absolute Gasteiger partial charge is 0.375 e. The number of halogens is 1. The van der Waals surface area contributed by atoms with Gasteiger partial charge in [-0.3, -0.25) is 0 Å². The molecule has 0 spiro atoms. The molecule has 0 bridgehead atoms. The first-order valence-electron chi connectivity index (χ1n) is 6.78. The lowest BCUT2D eigenvalue weighted by Gasteiger charge is -2.20. The van der Waals surface area contributed by atoms with Gasteiger partial charge in [-0.15, -0.1) is 0 Å². The number of ether oxygens (including phenoxy) is 1. The summed E-state index contributed by atoms with van der Waals surface area (Å²) < 4.78 is 5.54. The van der Waals surface area contributed by atoms with Crippen molar-refractivity contribution in [3.05, 3.63) is 46.9 Å². The van der Waals surface area contributed by atoms with Crippen molar-refractivity contribution in [3.63, 3.8) is 0 Å². The third-order valence-electron chi connectivity index (χ3n) is 3.24. The van der Waals surface area contributed by atoms with Crippen molar-refractivity contribution in [2.24, 2.45) is 0 Å². The highest BCUT2D eigenvalue weighted by molar-refractivity contribution is 6.32. The lowest BCUT2D eigenvalue weighted by atomic mass is 10.0. The van der Waals surface area contributed by atoms with E-state index < -0.39 is 0 Å². The predicted molar refractivity (Wildman–Crippen MR) is 85.5 cm³/mol. The predicted octanol–water partition coefficient (Wildman–Crippen LogP) is 3.35. The number of nitrogens with zero attached hydrogens (tertiary/aromatic N) is 3. The van der Waals surface area contributed by atoms with E-state index in [1.807, 2.05) is 33.2 Å². The Balaban J connectivity index is 2.28. The van der Waals surface area contributed by atoms with E-state index in [-0.39, 0.29) is 6.10 Å². The highest BCUT2D eigenvalue weighted by Crippen LogP contribution is 2.27. The highest BCUT2D eigenvalue weighted by atomic mass is 35.5. The Morgan fingerprint density at radius 2 is 1.90 bits per heavy atom. The van der Waals surface area contributed by atoms with E-state index in [1.165, 1.54) is 0 Å². The fourth-order valence-corrected chi connectivity index (χ4v) is 2.36. The Morgan fingerprint density at radius 3 is 2.48 bits per heavy atom. The maximum Gasteiger partial charge on any atom is 0.125 e. The minimum absolute atomic E-state index is 0.0525. The monoisotopic (exact) mass is 305 g/mol. The minimum Gasteiger partial charge on any atom is -0.375 e. The van der Waals surface area contributed by atoms with Crippen LogP contribution in [0.1, 0.15) is 17.5 Å². The van der Waals surface area contributed by atoms with Gasteiger partial charge in [0.05, 0.1) is 16.8 Å². The third kappa shape index (κ3) is 4.00. The maximum absolute atomic E-state index is 6.17. The molecule has 0 aliphatic rings. The molecule has 0 saturated heterocycles. The molecule has 0 N–H and O–H groups in total. The number of hydrogen-bond acceptors (Lipinski definition) is 4. The zero-order valence-electron chi connectivity index (χ0n) is 12.8. The van der Waals surface area contributed by atoms with Gasteiger partial charge in [-0.2, -0.15) is 0 Å². The van der Waals surface area contributed by atoms with Crippen molar-refractivity contribution in [1.29, 1.82) is 0 Å². The number of benzene rings is 1. The van der Waals surface area contributed by atoms with Crippen LogP contribution in [0.15, 0.2) is 30.5 Å². The van der Waals surface area contributed by atoms with Crippen LogP contribution in [0, 0.1) is 6.92 Å². The SMILES string of the molecule is COC(CN(C)C)c1ccc(-c2nc(C)ncc2Cl)cc1. The van der Waals surface area contributed by atoms with E-state index in [0.717, 1.165) is 23.4 Å². The van der Waals surface area contributed by atoms with Gasteiger partial charge in [-0.25, -0.2) is 9.97 Å². The first kappa shape index (κ1) is 15.9. The topological polar surface area (TPSA) is 38.2 Å². The number of rotatable bonds is 5. The van der Waals surface area contributed by atoms with Crippen LogP contribution in [0.5, 0.6) is 0 Å². The molecule has 0 aliphatic carbocycles. The minimum atomic E-state index is 0.0525. The van der Waals surface area contributed by atoms with E-state index in [2.05, 4.69) is 27.0 Å². The Hall–Kier alpha value is -1.49. The second kappa shape index (κ2) is 6.98. The summed E-state index contributed by atoms with van der Waals surface area (Å²) in [7, 11) is 5.79. The Labute approximate surface area is 130 Å². The molecular weight excluding hydrogens is 286 g/mol. The van der Waals surface area contributed by atoms with Crippen LogP contribution in [0.2, 0.25) is 5.02 Å². The molecule has 21 heavy (non-hydrogen) atoms. The van der Waals surface area contributed by atoms with Crippen molar-refractivity contribution in [2.45, 2.75) is 13.0 Å². The van der Waals surface area contributed by atoms with Crippen LogP contribution in [0.25, 0.3) is 11.3 Å². The van der Waals surface area contributed by atoms with E-state index in [0.29, 0.717) is 10.8 Å². The number of likely N-dealkylation sites (N-methyl/N-ethyl adjacent to an activating group) is 1. The lowest BCUT2D eigenvalue weighted by molar-refractivity contribution is 0.0784. The van der Waals surface area contributed by atoms with Gasteiger partial charge in [0.1, 0.15) is 5.82 Å². The van der Waals surface area contributed by atoms with Gasteiger partial charge in [0.2, 0.25) is 0 Å². The molecule has 112 valence electrons. The normalized spacial score (nSPS) is 12.7. The van der Waals surface area contributed by atoms with E-state index in [9.17, 15) is 0 Å². The number of aryl methyl sites for hydroxylation is 1. The molecule has 0 fully saturated rings. The summed E-state index contributed by atoms with van der Waals surface area (Å²) in [5.74, 6) is 0.709. The first-order chi connectivity index (χ1) is 10.0. The molecule has 0 aliphatic heterocycles. The summed E-state index contributed by atoms with van der Waals surface area (Å²) in [5, 5.41) is 0.560. The van der Waals surface area contributed by atoms with Crippen molar-refractivity contribution in [3.8, 4) is 11.3 Å². The van der Waals surface area contributed by atoms with Gasteiger partial charge in [0.25, 0.3) is 0 Å². The molecule has 2 aromatic rings. The summed E-state index contributed by atoms with van der Waals surface area (Å²) in [4.78, 5) is 10.6. The van der Waals surface area contributed by atoms with Gasteiger partial charge < -0.3 is 9.64 Å². The fraction of sp³-hybridized carbons (Fsp3) is 0.375. The standard InChI is InChI=1S/C16H20ClN3O/c1-11-18-9-14(17)16(19-11)13-7-5-12(6-8-13)15(21-4)10-20(2)3/h5-9,15H,10H2,1-4H3. The van der Waals surface area contributed by atoms with Crippen molar-refractivity contribution in [1.82, 2.24) is 14.9 Å². The second-order valence-corrected chi connectivity index (χ2v) is 5.63. The van der Waals surface area contributed by atoms with Crippen molar-refractivity contribution < 1.29 is 4.74 Å². The first-order valence-corrected chi connectivity index (χ1v) is 7.16. The molecule has 1 unspecified atom stereocenters. The van der Waals surface area contributed by atoms with E-state index in [4.69, 9.17) is 16.3 Å². The van der Waals surface area contributed by atoms with Gasteiger partial charge in [-0.1, -0.05) is 35.9 Å². The molecule has 2 rings (SSSR count). The smallest absolute Gasteiger partial charge is 0.125 e. The average molecular weight is 306 g/mol. The van der Waals surface area contributed by atoms with Crippen LogP contribution >= 0.6 is 11.6 Å². The molecule has 1 aromatic heterocycles. The fourth-order valence-electron chi connectivity index (χ4n) is 2.16. The quantitative estimate of drug-likeness (QED) is 0.849. The van der Waals surface area contributed by atoms with Crippen molar-refractivity contribution >= 4 is 11.6 Å². The van der Waals surface area contributed by atoms with E-state index in [1.54, 1.807) is 13.3 Å². The molecule has 1 aromatic carbocycles. The summed E-state index contributed by atoms with van der Waals surface area (Å²) in [6.45, 7) is 2.69. The Kier molecular flexibility index (Phi) is 5.28. The zero-order chi connectivity index (χ0) is 15.4. The van der Waals surface area contributed by atoms with Gasteiger partial charge in [0.15, 0.2) is 0 Å². The van der Waals surface area contributed by atoms with Crippen LogP contribution in [0.3, 0.4) is 0 Å². The van der Waals surface area contributed by atoms with Crippen LogP contribution in [-0.4, -0.2) is 42.6 Å². The zero-order valence-corrected chi connectivity index (χ0v) is 13.6. The molecule has 1 heterocycles. The highest BCUT2D eigenvalue weighted by Gasteiger charge is 2.13. The van der Waals surface area contributed by atoms with E-state index >= 15 is 0 Å². The number of aromatic nitrogens is 2. The molecule has 0 amide bonds. The number of methoxy groups -OCH3 is 1. The molecular formula is C16H20ClN3O. The van der Waals surface area contributed by atoms with Gasteiger partial charge in [0, 0.05) is 25.4 Å².